The van der Waals surface area contributed by atoms with Gasteiger partial charge in [0.1, 0.15) is 23.5 Å². The van der Waals surface area contributed by atoms with Crippen molar-refractivity contribution in [3.63, 3.8) is 0 Å². The number of hydrogen-bond donors (Lipinski definition) is 2. The maximum absolute atomic E-state index is 14.4. The second kappa shape index (κ2) is 11.3. The Morgan fingerprint density at radius 2 is 2.00 bits per heavy atom. The van der Waals surface area contributed by atoms with E-state index in [0.29, 0.717) is 35.5 Å². The number of fused-ring (bicyclic) bond motifs is 2. The minimum Gasteiger partial charge on any atom is -0.504 e. The second-order valence-corrected chi connectivity index (χ2v) is 11.5. The van der Waals surface area contributed by atoms with Crippen LogP contribution in [0.2, 0.25) is 0 Å². The van der Waals surface area contributed by atoms with Crippen molar-refractivity contribution in [1.29, 1.82) is 0 Å². The number of nitrogens with zero attached hydrogens (tertiary/aromatic N) is 4. The number of carbonyl (C=O) groups excluding carboxylic acids is 1. The maximum Gasteiger partial charge on any atom is 0.410 e. The minimum atomic E-state index is -0.533. The summed E-state index contributed by atoms with van der Waals surface area (Å²) >= 11 is 3.24. The van der Waals surface area contributed by atoms with Gasteiger partial charge >= 0.3 is 6.09 Å². The number of ether oxygens (including phenoxy) is 3. The molecule has 0 bridgehead atoms. The Labute approximate surface area is 239 Å². The number of halogens is 2. The van der Waals surface area contributed by atoms with Crippen molar-refractivity contribution >= 4 is 45.4 Å². The molecule has 40 heavy (non-hydrogen) atoms. The molecule has 210 valence electrons. The highest BCUT2D eigenvalue weighted by Gasteiger charge is 2.28. The zero-order chi connectivity index (χ0) is 28.4. The highest BCUT2D eigenvalue weighted by Crippen LogP contribution is 2.42. The number of nitrogens with one attached hydrogen (secondary N) is 1. The van der Waals surface area contributed by atoms with Crippen molar-refractivity contribution in [2.75, 3.05) is 25.0 Å². The Morgan fingerprint density at radius 1 is 1.23 bits per heavy atom. The van der Waals surface area contributed by atoms with Gasteiger partial charge in [0.25, 0.3) is 5.88 Å². The lowest BCUT2D eigenvalue weighted by Gasteiger charge is -2.33. The molecule has 0 aliphatic carbocycles. The number of aliphatic imine (C=N–C) groups is 1. The van der Waals surface area contributed by atoms with E-state index in [0.717, 1.165) is 12.8 Å². The molecule has 12 heteroatoms. The summed E-state index contributed by atoms with van der Waals surface area (Å²) in [5.74, 6) is 0.743. The van der Waals surface area contributed by atoms with Gasteiger partial charge in [-0.15, -0.1) is 0 Å². The first-order valence-electron chi connectivity index (χ1n) is 12.8. The number of piperidine rings is 1. The van der Waals surface area contributed by atoms with Crippen molar-refractivity contribution in [3.05, 3.63) is 52.5 Å². The Hall–Kier alpha value is -3.93. The molecule has 0 unspecified atom stereocenters. The fraction of sp³-hybridized carbons (Fsp3) is 0.357. The Kier molecular flexibility index (Phi) is 7.79. The van der Waals surface area contributed by atoms with E-state index in [2.05, 4.69) is 36.2 Å². The van der Waals surface area contributed by atoms with Crippen LogP contribution in [-0.4, -0.2) is 57.6 Å². The van der Waals surface area contributed by atoms with E-state index in [1.54, 1.807) is 23.1 Å². The number of likely N-dealkylation sites (tertiary alicyclic amines) is 1. The molecule has 0 saturated carbocycles. The van der Waals surface area contributed by atoms with Crippen LogP contribution in [0.25, 0.3) is 0 Å². The normalized spacial score (nSPS) is 15.0. The molecule has 0 atom stereocenters. The molecule has 3 aromatic rings. The molecular formula is C28H29BrFN5O5. The van der Waals surface area contributed by atoms with Crippen molar-refractivity contribution in [2.45, 2.75) is 39.2 Å². The standard InChI is InChI=1S/C28H29BrFN5O5/c1-28(2,3)40-27(37)35-8-6-16(7-9-35)14-38-23-12-22-17(10-21(23)36)13-31-24-25(32-15-33-26(24)39-22)34-20-5-4-18(29)11-19(20)30/h4-5,10-13,15-16,36H,6-9,14H2,1-3H3,(H,32,33,34). The smallest absolute Gasteiger partial charge is 0.410 e. The SMILES string of the molecule is CC(C)(C)OC(=O)N1CCC(COc2cc3c(cc2O)C=Nc2c(Nc4ccc(Br)cc4F)ncnc2O3)CC1. The van der Waals surface area contributed by atoms with Crippen molar-refractivity contribution in [1.82, 2.24) is 14.9 Å². The molecule has 1 amide bonds. The quantitative estimate of drug-likeness (QED) is 0.255. The summed E-state index contributed by atoms with van der Waals surface area (Å²) in [6.07, 6.45) is 4.02. The zero-order valence-electron chi connectivity index (χ0n) is 22.3. The number of anilines is 2. The number of phenols is 1. The minimum absolute atomic E-state index is 0.0627. The van der Waals surface area contributed by atoms with Crippen LogP contribution < -0.4 is 14.8 Å². The summed E-state index contributed by atoms with van der Waals surface area (Å²) in [6, 6.07) is 7.71. The van der Waals surface area contributed by atoms with Crippen molar-refractivity contribution < 1.29 is 28.5 Å². The first-order chi connectivity index (χ1) is 19.1. The summed E-state index contributed by atoms with van der Waals surface area (Å²) in [5, 5.41) is 13.6. The average molecular weight is 614 g/mol. The summed E-state index contributed by atoms with van der Waals surface area (Å²) in [4.78, 5) is 26.9. The van der Waals surface area contributed by atoms with Crippen LogP contribution in [0.4, 0.5) is 26.4 Å². The number of phenolic OH excluding ortho intramolecular Hbond substituents is 1. The van der Waals surface area contributed by atoms with Gasteiger partial charge in [-0.05, 0) is 63.8 Å². The lowest BCUT2D eigenvalue weighted by Crippen LogP contribution is -2.42. The Balaban J connectivity index is 1.26. The van der Waals surface area contributed by atoms with Crippen LogP contribution >= 0.6 is 15.9 Å². The van der Waals surface area contributed by atoms with Crippen LogP contribution in [-0.2, 0) is 4.74 Å². The topological polar surface area (TPSA) is 118 Å². The third-order valence-corrected chi connectivity index (χ3v) is 6.84. The zero-order valence-corrected chi connectivity index (χ0v) is 23.9. The van der Waals surface area contributed by atoms with E-state index < -0.39 is 11.4 Å². The van der Waals surface area contributed by atoms with E-state index in [1.807, 2.05) is 20.8 Å². The number of benzene rings is 2. The number of aromatic nitrogens is 2. The van der Waals surface area contributed by atoms with Crippen molar-refractivity contribution in [3.8, 4) is 23.1 Å². The van der Waals surface area contributed by atoms with E-state index in [-0.39, 0.29) is 46.6 Å². The third-order valence-electron chi connectivity index (χ3n) is 6.34. The molecular weight excluding hydrogens is 585 g/mol. The Bertz CT molecular complexity index is 1450. The van der Waals surface area contributed by atoms with E-state index in [1.165, 1.54) is 24.7 Å². The van der Waals surface area contributed by atoms with Crippen molar-refractivity contribution in [2.24, 2.45) is 10.9 Å². The molecule has 2 N–H and O–H groups in total. The molecule has 3 heterocycles. The summed E-state index contributed by atoms with van der Waals surface area (Å²) < 4.78 is 32.5. The number of hydrogen-bond acceptors (Lipinski definition) is 9. The second-order valence-electron chi connectivity index (χ2n) is 10.6. The molecule has 2 aliphatic heterocycles. The van der Waals surface area contributed by atoms with Gasteiger partial charge in [0, 0.05) is 35.4 Å². The third kappa shape index (κ3) is 6.44. The fourth-order valence-electron chi connectivity index (χ4n) is 4.29. The molecule has 0 radical (unpaired) electrons. The molecule has 1 aromatic heterocycles. The largest absolute Gasteiger partial charge is 0.504 e. The number of amides is 1. The van der Waals surface area contributed by atoms with Crippen LogP contribution in [0, 0.1) is 11.7 Å². The van der Waals surface area contributed by atoms with Gasteiger partial charge in [-0.1, -0.05) is 15.9 Å². The Morgan fingerprint density at radius 3 is 2.73 bits per heavy atom. The van der Waals surface area contributed by atoms with Crippen LogP contribution in [0.15, 0.2) is 46.1 Å². The fourth-order valence-corrected chi connectivity index (χ4v) is 4.62. The first kappa shape index (κ1) is 27.6. The lowest BCUT2D eigenvalue weighted by molar-refractivity contribution is 0.0164. The van der Waals surface area contributed by atoms with Gasteiger partial charge in [-0.25, -0.2) is 19.2 Å². The van der Waals surface area contributed by atoms with E-state index in [4.69, 9.17) is 14.2 Å². The lowest BCUT2D eigenvalue weighted by atomic mass is 9.98. The number of carbonyl (C=O) groups is 1. The summed E-state index contributed by atoms with van der Waals surface area (Å²) in [5.41, 5.74) is 0.467. The summed E-state index contributed by atoms with van der Waals surface area (Å²) in [7, 11) is 0. The molecule has 1 fully saturated rings. The molecule has 2 aliphatic rings. The highest BCUT2D eigenvalue weighted by atomic mass is 79.9. The predicted molar refractivity (Wildman–Crippen MR) is 151 cm³/mol. The van der Waals surface area contributed by atoms with Crippen LogP contribution in [0.5, 0.6) is 23.1 Å². The molecule has 1 saturated heterocycles. The van der Waals surface area contributed by atoms with Crippen LogP contribution in [0.1, 0.15) is 39.2 Å². The van der Waals surface area contributed by atoms with Gasteiger partial charge in [-0.3, -0.25) is 0 Å². The van der Waals surface area contributed by atoms with Gasteiger partial charge in [0.05, 0.1) is 12.3 Å². The van der Waals surface area contributed by atoms with Gasteiger partial charge in [0.2, 0.25) is 0 Å². The van der Waals surface area contributed by atoms with Gasteiger partial charge in [-0.2, -0.15) is 4.98 Å². The average Bonchev–Trinajstić information content (AvgIpc) is 3.07. The summed E-state index contributed by atoms with van der Waals surface area (Å²) in [6.45, 7) is 7.07. The van der Waals surface area contributed by atoms with Gasteiger partial charge in [0.15, 0.2) is 23.0 Å². The number of rotatable bonds is 5. The predicted octanol–water partition coefficient (Wildman–Crippen LogP) is 6.71. The monoisotopic (exact) mass is 613 g/mol. The molecule has 5 rings (SSSR count). The molecule has 2 aromatic carbocycles. The highest BCUT2D eigenvalue weighted by molar-refractivity contribution is 9.10. The van der Waals surface area contributed by atoms with E-state index in [9.17, 15) is 14.3 Å². The maximum atomic E-state index is 14.4. The van der Waals surface area contributed by atoms with E-state index >= 15 is 0 Å². The first-order valence-corrected chi connectivity index (χ1v) is 13.6. The van der Waals surface area contributed by atoms with Gasteiger partial charge < -0.3 is 29.5 Å². The van der Waals surface area contributed by atoms with Crippen LogP contribution in [0.3, 0.4) is 0 Å². The number of aromatic hydroxyl groups is 1. The molecule has 0 spiro atoms. The molecule has 10 nitrogen and oxygen atoms in total.